The molecule has 1 aliphatic heterocycles. The van der Waals surface area contributed by atoms with E-state index in [1.54, 1.807) is 12.1 Å². The van der Waals surface area contributed by atoms with Crippen LogP contribution in [-0.2, 0) is 9.59 Å². The van der Waals surface area contributed by atoms with Crippen LogP contribution in [-0.4, -0.2) is 63.0 Å². The van der Waals surface area contributed by atoms with Gasteiger partial charge < -0.3 is 20.4 Å². The number of nitrogens with zero attached hydrogens (tertiary/aromatic N) is 1. The molecular formula is C30H34FNO6. The molecule has 0 spiro atoms. The lowest BCUT2D eigenvalue weighted by Gasteiger charge is -2.36. The van der Waals surface area contributed by atoms with Crippen molar-refractivity contribution in [3.63, 3.8) is 0 Å². The summed E-state index contributed by atoms with van der Waals surface area (Å²) >= 11 is 0. The van der Waals surface area contributed by atoms with E-state index in [4.69, 9.17) is 0 Å². The van der Waals surface area contributed by atoms with Crippen LogP contribution in [0.25, 0.3) is 11.6 Å². The molecule has 2 aromatic carbocycles. The number of aliphatic hydroxyl groups is 3. The summed E-state index contributed by atoms with van der Waals surface area (Å²) in [5, 5.41) is 41.3. The van der Waals surface area contributed by atoms with Gasteiger partial charge in [0.1, 0.15) is 0 Å². The zero-order chi connectivity index (χ0) is 27.4. The van der Waals surface area contributed by atoms with Gasteiger partial charge in [0.2, 0.25) is 11.8 Å². The van der Waals surface area contributed by atoms with Crippen molar-refractivity contribution in [3.8, 4) is 5.75 Å². The van der Waals surface area contributed by atoms with Crippen LogP contribution in [0.1, 0.15) is 43.7 Å². The Balaban J connectivity index is 1.62. The molecule has 2 aliphatic rings. The number of benzene rings is 2. The quantitative estimate of drug-likeness (QED) is 0.215. The first-order valence-electron chi connectivity index (χ1n) is 13.0. The number of aromatic hydroxyl groups is 1. The van der Waals surface area contributed by atoms with Crippen molar-refractivity contribution in [2.45, 2.75) is 38.7 Å². The van der Waals surface area contributed by atoms with E-state index in [0.29, 0.717) is 36.1 Å². The molecule has 4 rings (SSSR count). The summed E-state index contributed by atoms with van der Waals surface area (Å²) in [6.07, 6.45) is 2.10. The number of halogens is 1. The molecule has 1 fully saturated rings. The van der Waals surface area contributed by atoms with Crippen LogP contribution in [0.15, 0.2) is 59.7 Å². The largest absolute Gasteiger partial charge is 0.505 e. The van der Waals surface area contributed by atoms with Crippen LogP contribution in [0.2, 0.25) is 0 Å². The third-order valence-corrected chi connectivity index (χ3v) is 7.61. The number of phenols is 1. The Morgan fingerprint density at radius 2 is 1.87 bits per heavy atom. The number of rotatable bonds is 10. The number of hydrogen-bond donors (Lipinski definition) is 4. The first-order chi connectivity index (χ1) is 18.3. The smallest absolute Gasteiger partial charge is 0.233 e. The van der Waals surface area contributed by atoms with E-state index < -0.39 is 42.0 Å². The molecule has 1 saturated heterocycles. The molecule has 38 heavy (non-hydrogen) atoms. The summed E-state index contributed by atoms with van der Waals surface area (Å²) in [5.74, 6) is -3.96. The molecule has 2 amide bonds. The number of fused-ring (bicyclic) bond motifs is 1. The number of likely N-dealkylation sites (tertiary alicyclic amines) is 1. The predicted molar refractivity (Wildman–Crippen MR) is 141 cm³/mol. The Labute approximate surface area is 221 Å². The molecule has 0 aromatic heterocycles. The molecule has 202 valence electrons. The Morgan fingerprint density at radius 1 is 1.13 bits per heavy atom. The molecule has 1 aliphatic carbocycles. The maximum absolute atomic E-state index is 14.0. The minimum atomic E-state index is -1.07. The van der Waals surface area contributed by atoms with Crippen LogP contribution >= 0.6 is 0 Å². The second kappa shape index (κ2) is 12.0. The zero-order valence-electron chi connectivity index (χ0n) is 21.4. The highest BCUT2D eigenvalue weighted by Crippen LogP contribution is 2.46. The van der Waals surface area contributed by atoms with Gasteiger partial charge in [-0.2, -0.15) is 0 Å². The molecule has 4 atom stereocenters. The van der Waals surface area contributed by atoms with Gasteiger partial charge in [-0.05, 0) is 65.7 Å². The highest BCUT2D eigenvalue weighted by atomic mass is 19.1. The Hall–Kier alpha value is -3.33. The first-order valence-corrected chi connectivity index (χ1v) is 13.0. The second-order valence-electron chi connectivity index (χ2n) is 9.97. The highest BCUT2D eigenvalue weighted by molar-refractivity contribution is 6.05. The minimum absolute atomic E-state index is 0.170. The normalized spacial score (nSPS) is 22.7. The van der Waals surface area contributed by atoms with E-state index in [2.05, 4.69) is 0 Å². The van der Waals surface area contributed by atoms with Crippen molar-refractivity contribution in [2.75, 3.05) is 19.8 Å². The van der Waals surface area contributed by atoms with Crippen LogP contribution < -0.4 is 0 Å². The van der Waals surface area contributed by atoms with Crippen molar-refractivity contribution in [2.24, 2.45) is 17.8 Å². The summed E-state index contributed by atoms with van der Waals surface area (Å²) in [6, 6.07) is 13.5. The van der Waals surface area contributed by atoms with E-state index in [0.717, 1.165) is 11.1 Å². The van der Waals surface area contributed by atoms with Gasteiger partial charge in [-0.1, -0.05) is 49.4 Å². The van der Waals surface area contributed by atoms with Gasteiger partial charge in [-0.3, -0.25) is 14.5 Å². The molecule has 4 N–H and O–H groups in total. The molecule has 0 saturated carbocycles. The standard InChI is InChI=1S/C30H34FNO6/c1-2-12-32-29(37)22-15-21(16-33)27(23(17-34)28(22)30(32)38)26(36)11-9-20(19-6-4-3-5-7-19)13-18-8-10-25(35)24(31)14-18/h3-8,10,13-14,22-23,26,28,33-36H,2,9,11-12,15-17H2,1H3/b20-13-/t22-,23+,26-,28-/m1/s1. The number of imide groups is 1. The van der Waals surface area contributed by atoms with Gasteiger partial charge >= 0.3 is 0 Å². The van der Waals surface area contributed by atoms with Crippen molar-refractivity contribution >= 4 is 23.5 Å². The predicted octanol–water partition coefficient (Wildman–Crippen LogP) is 3.53. The van der Waals surface area contributed by atoms with Gasteiger partial charge in [0.25, 0.3) is 0 Å². The third kappa shape index (κ3) is 5.43. The first kappa shape index (κ1) is 27.7. The van der Waals surface area contributed by atoms with Gasteiger partial charge in [0, 0.05) is 12.5 Å². The number of carbonyl (C=O) groups excluding carboxylic acids is 2. The van der Waals surface area contributed by atoms with Gasteiger partial charge in [-0.15, -0.1) is 0 Å². The van der Waals surface area contributed by atoms with Crippen molar-refractivity contribution < 1.29 is 34.4 Å². The average Bonchev–Trinajstić information content (AvgIpc) is 3.16. The lowest BCUT2D eigenvalue weighted by atomic mass is 9.68. The fourth-order valence-corrected chi connectivity index (χ4v) is 5.83. The minimum Gasteiger partial charge on any atom is -0.505 e. The monoisotopic (exact) mass is 523 g/mol. The SMILES string of the molecule is CCCN1C(=O)[C@@H]2[C@@H](CC(CO)=C([C@H](O)CC/C(=C/c3ccc(O)c(F)c3)c3ccccc3)[C@@H]2CO)C1=O. The molecule has 8 heteroatoms. The summed E-state index contributed by atoms with van der Waals surface area (Å²) in [4.78, 5) is 27.3. The Bertz CT molecular complexity index is 1240. The van der Waals surface area contributed by atoms with E-state index >= 15 is 0 Å². The molecular weight excluding hydrogens is 489 g/mol. The average molecular weight is 524 g/mol. The van der Waals surface area contributed by atoms with Crippen molar-refractivity contribution in [1.82, 2.24) is 4.90 Å². The lowest BCUT2D eigenvalue weighted by Crippen LogP contribution is -2.39. The fraction of sp³-hybridized carbons (Fsp3) is 0.400. The van der Waals surface area contributed by atoms with E-state index in [9.17, 15) is 34.4 Å². The van der Waals surface area contributed by atoms with Crippen LogP contribution in [0.4, 0.5) is 4.39 Å². The van der Waals surface area contributed by atoms with Gasteiger partial charge in [0.15, 0.2) is 11.6 Å². The summed E-state index contributed by atoms with van der Waals surface area (Å²) < 4.78 is 14.0. The number of carbonyl (C=O) groups is 2. The Kier molecular flexibility index (Phi) is 8.76. The number of hydrogen-bond acceptors (Lipinski definition) is 6. The highest BCUT2D eigenvalue weighted by Gasteiger charge is 2.54. The maximum Gasteiger partial charge on any atom is 0.233 e. The lowest BCUT2D eigenvalue weighted by molar-refractivity contribution is -0.140. The number of phenolic OH excluding ortho intramolecular Hbond substituents is 1. The summed E-state index contributed by atoms with van der Waals surface area (Å²) in [7, 11) is 0. The van der Waals surface area contributed by atoms with Crippen molar-refractivity contribution in [1.29, 1.82) is 0 Å². The van der Waals surface area contributed by atoms with Crippen LogP contribution in [0.3, 0.4) is 0 Å². The molecule has 1 heterocycles. The molecule has 0 unspecified atom stereocenters. The number of allylic oxidation sites excluding steroid dienone is 1. The fourth-order valence-electron chi connectivity index (χ4n) is 5.83. The zero-order valence-corrected chi connectivity index (χ0v) is 21.4. The van der Waals surface area contributed by atoms with Crippen LogP contribution in [0.5, 0.6) is 5.75 Å². The van der Waals surface area contributed by atoms with E-state index in [-0.39, 0.29) is 31.3 Å². The second-order valence-corrected chi connectivity index (χ2v) is 9.97. The maximum atomic E-state index is 14.0. The summed E-state index contributed by atoms with van der Waals surface area (Å²) in [6.45, 7) is 1.38. The van der Waals surface area contributed by atoms with Crippen LogP contribution in [0, 0.1) is 23.6 Å². The summed E-state index contributed by atoms with van der Waals surface area (Å²) in [5.41, 5.74) is 3.15. The molecule has 0 radical (unpaired) electrons. The third-order valence-electron chi connectivity index (χ3n) is 7.61. The molecule has 7 nitrogen and oxygen atoms in total. The Morgan fingerprint density at radius 3 is 2.50 bits per heavy atom. The number of amides is 2. The van der Waals surface area contributed by atoms with Gasteiger partial charge in [-0.25, -0.2) is 4.39 Å². The number of aliphatic hydroxyl groups excluding tert-OH is 3. The van der Waals surface area contributed by atoms with Gasteiger partial charge in [0.05, 0.1) is 31.2 Å². The molecule has 0 bridgehead atoms. The van der Waals surface area contributed by atoms with E-state index in [1.165, 1.54) is 17.0 Å². The topological polar surface area (TPSA) is 118 Å². The molecule has 2 aromatic rings. The van der Waals surface area contributed by atoms with E-state index in [1.807, 2.05) is 37.3 Å². The van der Waals surface area contributed by atoms with Crippen molar-refractivity contribution in [3.05, 3.63) is 76.6 Å².